The maximum atomic E-state index is 13.2. The van der Waals surface area contributed by atoms with Crippen molar-refractivity contribution in [3.8, 4) is 5.75 Å². The first kappa shape index (κ1) is 20.2. The van der Waals surface area contributed by atoms with Gasteiger partial charge in [-0.1, -0.05) is 35.9 Å². The molecule has 0 aliphatic carbocycles. The Kier molecular flexibility index (Phi) is 6.90. The van der Waals surface area contributed by atoms with Gasteiger partial charge < -0.3 is 19.9 Å². The van der Waals surface area contributed by atoms with Gasteiger partial charge >= 0.3 is 0 Å². The summed E-state index contributed by atoms with van der Waals surface area (Å²) >= 11 is 6.29. The van der Waals surface area contributed by atoms with Crippen molar-refractivity contribution in [2.24, 2.45) is 0 Å². The zero-order valence-corrected chi connectivity index (χ0v) is 16.6. The Labute approximate surface area is 170 Å². The molecule has 6 nitrogen and oxygen atoms in total. The molecule has 0 atom stereocenters. The molecule has 1 N–H and O–H groups in total. The second kappa shape index (κ2) is 9.57. The highest BCUT2D eigenvalue weighted by Crippen LogP contribution is 2.20. The Bertz CT molecular complexity index is 837. The molecule has 2 aromatic rings. The number of halogens is 1. The molecule has 1 aliphatic heterocycles. The number of hydrogen-bond donors (Lipinski definition) is 1. The summed E-state index contributed by atoms with van der Waals surface area (Å²) in [5.41, 5.74) is 1.27. The Morgan fingerprint density at radius 3 is 2.61 bits per heavy atom. The smallest absolute Gasteiger partial charge is 0.254 e. The van der Waals surface area contributed by atoms with E-state index in [1.54, 1.807) is 47.2 Å². The van der Waals surface area contributed by atoms with Crippen LogP contribution in [0, 0.1) is 0 Å². The summed E-state index contributed by atoms with van der Waals surface area (Å²) in [6.45, 7) is 3.08. The highest BCUT2D eigenvalue weighted by molar-refractivity contribution is 6.31. The van der Waals surface area contributed by atoms with Crippen LogP contribution >= 0.6 is 11.6 Å². The van der Waals surface area contributed by atoms with Crippen LogP contribution in [0.15, 0.2) is 48.5 Å². The first-order chi connectivity index (χ1) is 13.6. The number of nitrogens with one attached hydrogen (secondary N) is 1. The maximum Gasteiger partial charge on any atom is 0.254 e. The van der Waals surface area contributed by atoms with E-state index in [2.05, 4.69) is 5.32 Å². The average molecular weight is 402 g/mol. The molecule has 2 aromatic carbocycles. The first-order valence-corrected chi connectivity index (χ1v) is 9.61. The van der Waals surface area contributed by atoms with Gasteiger partial charge in [-0.05, 0) is 29.8 Å². The SMILES string of the molecule is COc1cccc(C(=O)N(CC(=O)N2CCNCC2)Cc2ccccc2Cl)c1. The number of piperazine rings is 1. The number of ether oxygens (including phenoxy) is 1. The van der Waals surface area contributed by atoms with Crippen molar-refractivity contribution in [1.29, 1.82) is 0 Å². The molecule has 1 heterocycles. The molecule has 0 spiro atoms. The molecule has 0 radical (unpaired) electrons. The number of rotatable bonds is 6. The Morgan fingerprint density at radius 2 is 1.89 bits per heavy atom. The highest BCUT2D eigenvalue weighted by Gasteiger charge is 2.24. The Morgan fingerprint density at radius 1 is 1.14 bits per heavy atom. The maximum absolute atomic E-state index is 13.2. The molecule has 7 heteroatoms. The molecule has 1 fully saturated rings. The number of methoxy groups -OCH3 is 1. The van der Waals surface area contributed by atoms with Crippen molar-refractivity contribution in [3.05, 3.63) is 64.7 Å². The number of carbonyl (C=O) groups excluding carboxylic acids is 2. The average Bonchev–Trinajstić information content (AvgIpc) is 2.74. The summed E-state index contributed by atoms with van der Waals surface area (Å²) in [6.07, 6.45) is 0. The quantitative estimate of drug-likeness (QED) is 0.807. The molecule has 3 rings (SSSR count). The lowest BCUT2D eigenvalue weighted by Gasteiger charge is -2.30. The fourth-order valence-corrected chi connectivity index (χ4v) is 3.34. The van der Waals surface area contributed by atoms with E-state index in [-0.39, 0.29) is 24.9 Å². The zero-order chi connectivity index (χ0) is 19.9. The van der Waals surface area contributed by atoms with E-state index in [4.69, 9.17) is 16.3 Å². The monoisotopic (exact) mass is 401 g/mol. The highest BCUT2D eigenvalue weighted by atomic mass is 35.5. The van der Waals surface area contributed by atoms with E-state index in [1.165, 1.54) is 0 Å². The molecular formula is C21H24ClN3O3. The number of nitrogens with zero attached hydrogens (tertiary/aromatic N) is 2. The number of carbonyl (C=O) groups is 2. The van der Waals surface area contributed by atoms with Crippen LogP contribution in [-0.4, -0.2) is 61.4 Å². The Hall–Kier alpha value is -2.57. The van der Waals surface area contributed by atoms with Crippen LogP contribution in [0.3, 0.4) is 0 Å². The third-order valence-electron chi connectivity index (χ3n) is 4.72. The van der Waals surface area contributed by atoms with Crippen LogP contribution in [0.25, 0.3) is 0 Å². The van der Waals surface area contributed by atoms with Crippen LogP contribution in [0.2, 0.25) is 5.02 Å². The third kappa shape index (κ3) is 5.03. The third-order valence-corrected chi connectivity index (χ3v) is 5.09. The summed E-state index contributed by atoms with van der Waals surface area (Å²) in [6, 6.07) is 14.3. The van der Waals surface area contributed by atoms with Crippen LogP contribution < -0.4 is 10.1 Å². The van der Waals surface area contributed by atoms with E-state index in [1.807, 2.05) is 18.2 Å². The van der Waals surface area contributed by atoms with Crippen LogP contribution in [0.5, 0.6) is 5.75 Å². The van der Waals surface area contributed by atoms with Crippen molar-refractivity contribution in [1.82, 2.24) is 15.1 Å². The van der Waals surface area contributed by atoms with Crippen LogP contribution in [-0.2, 0) is 11.3 Å². The minimum absolute atomic E-state index is 0.00126. The molecule has 1 aliphatic rings. The summed E-state index contributed by atoms with van der Waals surface area (Å²) in [7, 11) is 1.55. The number of benzene rings is 2. The fraction of sp³-hybridized carbons (Fsp3) is 0.333. The summed E-state index contributed by atoms with van der Waals surface area (Å²) < 4.78 is 5.22. The lowest BCUT2D eigenvalue weighted by molar-refractivity contribution is -0.132. The molecule has 0 aromatic heterocycles. The molecule has 2 amide bonds. The first-order valence-electron chi connectivity index (χ1n) is 9.23. The largest absolute Gasteiger partial charge is 0.497 e. The van der Waals surface area contributed by atoms with Gasteiger partial charge in [0.1, 0.15) is 12.3 Å². The van der Waals surface area contributed by atoms with E-state index in [9.17, 15) is 9.59 Å². The number of amides is 2. The van der Waals surface area contributed by atoms with Gasteiger partial charge in [0.2, 0.25) is 5.91 Å². The lowest BCUT2D eigenvalue weighted by Crippen LogP contribution is -2.50. The van der Waals surface area contributed by atoms with Crippen LogP contribution in [0.1, 0.15) is 15.9 Å². The van der Waals surface area contributed by atoms with Gasteiger partial charge in [0.25, 0.3) is 5.91 Å². The van der Waals surface area contributed by atoms with Crippen molar-refractivity contribution in [3.63, 3.8) is 0 Å². The van der Waals surface area contributed by atoms with E-state index >= 15 is 0 Å². The van der Waals surface area contributed by atoms with E-state index in [0.29, 0.717) is 29.4 Å². The lowest BCUT2D eigenvalue weighted by atomic mass is 10.1. The van der Waals surface area contributed by atoms with Crippen molar-refractivity contribution < 1.29 is 14.3 Å². The molecule has 0 bridgehead atoms. The van der Waals surface area contributed by atoms with Crippen molar-refractivity contribution in [2.45, 2.75) is 6.54 Å². The summed E-state index contributed by atoms with van der Waals surface area (Å²) in [4.78, 5) is 29.3. The van der Waals surface area contributed by atoms with Gasteiger partial charge in [0.15, 0.2) is 0 Å². The number of hydrogen-bond acceptors (Lipinski definition) is 4. The second-order valence-electron chi connectivity index (χ2n) is 6.62. The van der Waals surface area contributed by atoms with Gasteiger partial charge in [-0.2, -0.15) is 0 Å². The molecule has 1 saturated heterocycles. The topological polar surface area (TPSA) is 61.9 Å². The van der Waals surface area contributed by atoms with Crippen molar-refractivity contribution >= 4 is 23.4 Å². The molecule has 0 unspecified atom stereocenters. The normalized spacial score (nSPS) is 13.9. The minimum Gasteiger partial charge on any atom is -0.497 e. The molecular weight excluding hydrogens is 378 g/mol. The van der Waals surface area contributed by atoms with Gasteiger partial charge in [-0.3, -0.25) is 9.59 Å². The molecule has 28 heavy (non-hydrogen) atoms. The standard InChI is InChI=1S/C21H24ClN3O3/c1-28-18-7-4-6-16(13-18)21(27)25(14-17-5-2-3-8-19(17)22)15-20(26)24-11-9-23-10-12-24/h2-8,13,23H,9-12,14-15H2,1H3. The zero-order valence-electron chi connectivity index (χ0n) is 15.9. The van der Waals surface area contributed by atoms with Crippen LogP contribution in [0.4, 0.5) is 0 Å². The second-order valence-corrected chi connectivity index (χ2v) is 7.02. The predicted molar refractivity (Wildman–Crippen MR) is 109 cm³/mol. The summed E-state index contributed by atoms with van der Waals surface area (Å²) in [5.74, 6) is 0.295. The molecule has 148 valence electrons. The van der Waals surface area contributed by atoms with Gasteiger partial charge in [-0.15, -0.1) is 0 Å². The van der Waals surface area contributed by atoms with Gasteiger partial charge in [0, 0.05) is 43.3 Å². The van der Waals surface area contributed by atoms with E-state index in [0.717, 1.165) is 18.7 Å². The van der Waals surface area contributed by atoms with Gasteiger partial charge in [0.05, 0.1) is 7.11 Å². The molecule has 0 saturated carbocycles. The minimum atomic E-state index is -0.234. The van der Waals surface area contributed by atoms with E-state index < -0.39 is 0 Å². The summed E-state index contributed by atoms with van der Waals surface area (Å²) in [5, 5.41) is 3.80. The fourth-order valence-electron chi connectivity index (χ4n) is 3.15. The Balaban J connectivity index is 1.83. The predicted octanol–water partition coefficient (Wildman–Crippen LogP) is 2.42. The van der Waals surface area contributed by atoms with Crippen molar-refractivity contribution in [2.75, 3.05) is 39.8 Å². The van der Waals surface area contributed by atoms with Gasteiger partial charge in [-0.25, -0.2) is 0 Å².